The topological polar surface area (TPSA) is 78.5 Å². The van der Waals surface area contributed by atoms with Crippen molar-refractivity contribution < 1.29 is 14.4 Å². The minimum atomic E-state index is -0.498. The number of anilines is 1. The Bertz CT molecular complexity index is 640. The van der Waals surface area contributed by atoms with Crippen molar-refractivity contribution in [3.05, 3.63) is 16.5 Å². The van der Waals surface area contributed by atoms with Crippen LogP contribution in [-0.4, -0.2) is 42.3 Å². The Morgan fingerprint density at radius 3 is 2.42 bits per heavy atom. The van der Waals surface area contributed by atoms with Gasteiger partial charge in [-0.05, 0) is 31.4 Å². The summed E-state index contributed by atoms with van der Waals surface area (Å²) in [4.78, 5) is 38.6. The van der Waals surface area contributed by atoms with Crippen molar-refractivity contribution in [1.29, 1.82) is 0 Å². The highest BCUT2D eigenvalue weighted by Crippen LogP contribution is 2.28. The number of carbonyl (C=O) groups excluding carboxylic acids is 3. The normalized spacial score (nSPS) is 14.6. The summed E-state index contributed by atoms with van der Waals surface area (Å²) >= 11 is 1.23. The summed E-state index contributed by atoms with van der Waals surface area (Å²) in [6.45, 7) is 8.88. The van der Waals surface area contributed by atoms with Crippen molar-refractivity contribution in [2.75, 3.05) is 25.0 Å². The maximum Gasteiger partial charge on any atom is 0.262 e. The molecule has 24 heavy (non-hydrogen) atoms. The molecule has 1 fully saturated rings. The fraction of sp³-hybridized carbons (Fsp3) is 0.588. The van der Waals surface area contributed by atoms with Gasteiger partial charge in [0.15, 0.2) is 0 Å². The van der Waals surface area contributed by atoms with E-state index in [1.54, 1.807) is 11.0 Å². The highest BCUT2D eigenvalue weighted by Gasteiger charge is 2.23. The van der Waals surface area contributed by atoms with Gasteiger partial charge in [0.05, 0.1) is 16.4 Å². The average Bonchev–Trinajstić information content (AvgIpc) is 3.13. The Morgan fingerprint density at radius 1 is 1.21 bits per heavy atom. The van der Waals surface area contributed by atoms with Gasteiger partial charge in [-0.3, -0.25) is 14.4 Å². The maximum atomic E-state index is 12.3. The predicted molar refractivity (Wildman–Crippen MR) is 95.3 cm³/mol. The lowest BCUT2D eigenvalue weighted by Gasteiger charge is -2.16. The van der Waals surface area contributed by atoms with Crippen molar-refractivity contribution in [1.82, 2.24) is 10.2 Å². The van der Waals surface area contributed by atoms with Crippen LogP contribution in [0.1, 0.15) is 48.8 Å². The first-order valence-corrected chi connectivity index (χ1v) is 8.98. The lowest BCUT2D eigenvalue weighted by Crippen LogP contribution is -2.38. The molecule has 132 valence electrons. The Hall–Kier alpha value is -1.89. The minimum absolute atomic E-state index is 0.0137. The molecule has 1 aliphatic rings. The lowest BCUT2D eigenvalue weighted by atomic mass is 9.96. The van der Waals surface area contributed by atoms with E-state index in [0.717, 1.165) is 31.5 Å². The monoisotopic (exact) mass is 351 g/mol. The molecule has 2 rings (SSSR count). The van der Waals surface area contributed by atoms with Crippen LogP contribution in [0.15, 0.2) is 6.07 Å². The van der Waals surface area contributed by atoms with Crippen LogP contribution in [0.4, 0.5) is 5.00 Å². The van der Waals surface area contributed by atoms with E-state index in [9.17, 15) is 14.4 Å². The molecule has 6 nitrogen and oxygen atoms in total. The van der Waals surface area contributed by atoms with E-state index >= 15 is 0 Å². The summed E-state index contributed by atoms with van der Waals surface area (Å²) in [5.41, 5.74) is 0.290. The number of rotatable bonds is 4. The number of hydrogen-bond donors (Lipinski definition) is 2. The number of nitrogens with zero attached hydrogens (tertiary/aromatic N) is 1. The fourth-order valence-corrected chi connectivity index (χ4v) is 3.37. The average molecular weight is 351 g/mol. The van der Waals surface area contributed by atoms with Crippen LogP contribution in [0.5, 0.6) is 0 Å². The molecule has 3 amide bonds. The SMILES string of the molecule is Cc1cc(NC(=O)C(C)(C)C)sc1C(=O)NCC(=O)N1CCCC1. The van der Waals surface area contributed by atoms with E-state index in [1.807, 2.05) is 27.7 Å². The molecule has 0 bridgehead atoms. The smallest absolute Gasteiger partial charge is 0.262 e. The van der Waals surface area contributed by atoms with Crippen molar-refractivity contribution in [3.63, 3.8) is 0 Å². The molecule has 1 aromatic heterocycles. The van der Waals surface area contributed by atoms with Gasteiger partial charge >= 0.3 is 0 Å². The molecule has 0 spiro atoms. The van der Waals surface area contributed by atoms with Crippen molar-refractivity contribution in [2.24, 2.45) is 5.41 Å². The number of hydrogen-bond acceptors (Lipinski definition) is 4. The zero-order valence-electron chi connectivity index (χ0n) is 14.7. The number of aryl methyl sites for hydroxylation is 1. The second-order valence-electron chi connectivity index (χ2n) is 7.10. The summed E-state index contributed by atoms with van der Waals surface area (Å²) in [6, 6.07) is 1.78. The molecular weight excluding hydrogens is 326 g/mol. The highest BCUT2D eigenvalue weighted by molar-refractivity contribution is 7.18. The molecule has 2 N–H and O–H groups in total. The third-order valence-electron chi connectivity index (χ3n) is 3.90. The summed E-state index contributed by atoms with van der Waals surface area (Å²) in [5.74, 6) is -0.419. The van der Waals surface area contributed by atoms with Crippen LogP contribution in [0.2, 0.25) is 0 Å². The number of nitrogens with one attached hydrogen (secondary N) is 2. The van der Waals surface area contributed by atoms with Gasteiger partial charge in [0, 0.05) is 18.5 Å². The molecule has 0 atom stereocenters. The quantitative estimate of drug-likeness (QED) is 0.874. The summed E-state index contributed by atoms with van der Waals surface area (Å²) in [6.07, 6.45) is 2.06. The van der Waals surface area contributed by atoms with Crippen LogP contribution in [-0.2, 0) is 9.59 Å². The van der Waals surface area contributed by atoms with E-state index in [1.165, 1.54) is 11.3 Å². The predicted octanol–water partition coefficient (Wildman–Crippen LogP) is 2.39. The minimum Gasteiger partial charge on any atom is -0.342 e. The van der Waals surface area contributed by atoms with Gasteiger partial charge in [-0.2, -0.15) is 0 Å². The van der Waals surface area contributed by atoms with E-state index in [0.29, 0.717) is 9.88 Å². The van der Waals surface area contributed by atoms with Crippen LogP contribution in [0, 0.1) is 12.3 Å². The Balaban J connectivity index is 1.94. The van der Waals surface area contributed by atoms with Crippen molar-refractivity contribution in [2.45, 2.75) is 40.5 Å². The molecule has 1 aliphatic heterocycles. The second-order valence-corrected chi connectivity index (χ2v) is 8.15. The first kappa shape index (κ1) is 18.4. The molecule has 0 aliphatic carbocycles. The Kier molecular flexibility index (Phi) is 5.64. The van der Waals surface area contributed by atoms with Crippen molar-refractivity contribution in [3.8, 4) is 0 Å². The molecule has 0 unspecified atom stereocenters. The van der Waals surface area contributed by atoms with E-state index < -0.39 is 5.41 Å². The first-order chi connectivity index (χ1) is 11.2. The Morgan fingerprint density at radius 2 is 1.83 bits per heavy atom. The van der Waals surface area contributed by atoms with Crippen molar-refractivity contribution >= 4 is 34.1 Å². The molecule has 0 saturated carbocycles. The van der Waals surface area contributed by atoms with Crippen LogP contribution >= 0.6 is 11.3 Å². The summed E-state index contributed by atoms with van der Waals surface area (Å²) in [5, 5.41) is 6.15. The molecule has 0 aromatic carbocycles. The van der Waals surface area contributed by atoms with Gasteiger partial charge in [0.25, 0.3) is 5.91 Å². The second kappa shape index (κ2) is 7.34. The molecule has 1 saturated heterocycles. The zero-order chi connectivity index (χ0) is 17.9. The zero-order valence-corrected chi connectivity index (χ0v) is 15.5. The fourth-order valence-electron chi connectivity index (χ4n) is 2.38. The molecule has 7 heteroatoms. The highest BCUT2D eigenvalue weighted by atomic mass is 32.1. The standard InChI is InChI=1S/C17H25N3O3S/c1-11-9-12(19-16(23)17(2,3)4)24-14(11)15(22)18-10-13(21)20-7-5-6-8-20/h9H,5-8,10H2,1-4H3,(H,18,22)(H,19,23). The van der Waals surface area contributed by atoms with Gasteiger partial charge in [-0.1, -0.05) is 20.8 Å². The summed E-state index contributed by atoms with van der Waals surface area (Å²) < 4.78 is 0. The molecule has 2 heterocycles. The van der Waals surface area contributed by atoms with E-state index in [2.05, 4.69) is 10.6 Å². The first-order valence-electron chi connectivity index (χ1n) is 8.16. The number of amides is 3. The maximum absolute atomic E-state index is 12.3. The van der Waals surface area contributed by atoms with Gasteiger partial charge in [0.1, 0.15) is 0 Å². The van der Waals surface area contributed by atoms with Gasteiger partial charge < -0.3 is 15.5 Å². The van der Waals surface area contributed by atoms with Crippen LogP contribution in [0.25, 0.3) is 0 Å². The van der Waals surface area contributed by atoms with E-state index in [4.69, 9.17) is 0 Å². The van der Waals surface area contributed by atoms with E-state index in [-0.39, 0.29) is 24.3 Å². The Labute approximate surface area is 146 Å². The summed E-state index contributed by atoms with van der Waals surface area (Å²) in [7, 11) is 0. The van der Waals surface area contributed by atoms with Crippen LogP contribution in [0.3, 0.4) is 0 Å². The lowest BCUT2D eigenvalue weighted by molar-refractivity contribution is -0.129. The van der Waals surface area contributed by atoms with Crippen LogP contribution < -0.4 is 10.6 Å². The number of thiophene rings is 1. The molecule has 0 radical (unpaired) electrons. The van der Waals surface area contributed by atoms with Gasteiger partial charge in [0.2, 0.25) is 11.8 Å². The molecular formula is C17H25N3O3S. The number of carbonyl (C=O) groups is 3. The third kappa shape index (κ3) is 4.56. The number of likely N-dealkylation sites (tertiary alicyclic amines) is 1. The third-order valence-corrected chi connectivity index (χ3v) is 5.05. The molecule has 1 aromatic rings. The largest absolute Gasteiger partial charge is 0.342 e. The van der Waals surface area contributed by atoms with Gasteiger partial charge in [-0.15, -0.1) is 11.3 Å². The van der Waals surface area contributed by atoms with Gasteiger partial charge in [-0.25, -0.2) is 0 Å².